The first-order chi connectivity index (χ1) is 17.8. The number of rotatable bonds is 5. The summed E-state index contributed by atoms with van der Waals surface area (Å²) in [5, 5.41) is 24.4. The molecule has 3 N–H and O–H groups in total. The van der Waals surface area contributed by atoms with Crippen molar-refractivity contribution in [2.75, 3.05) is 18.4 Å². The van der Waals surface area contributed by atoms with E-state index in [1.165, 1.54) is 10.6 Å². The maximum absolute atomic E-state index is 10.6. The molecule has 9 nitrogen and oxygen atoms in total. The molecule has 16 heteroatoms. The summed E-state index contributed by atoms with van der Waals surface area (Å²) in [6, 6.07) is 12.4. The molecule has 1 aliphatic heterocycles. The zero-order valence-electron chi connectivity index (χ0n) is 19.5. The standard InChI is InChI=1S/C18H21N5S.2C2HF3O2/c1-2-7-19-18(5-1)20-10-15-11-22(14-17-4-3-9-24-17)13-16-6-8-21-23(16)12-15;2*3-2(4,5)1(6)7/h1-9,15H,10-14H2,(H,19,20);2*(H,6,7). The van der Waals surface area contributed by atoms with E-state index in [4.69, 9.17) is 19.8 Å². The Balaban J connectivity index is 0.000000301. The summed E-state index contributed by atoms with van der Waals surface area (Å²) < 4.78 is 65.6. The number of anilines is 1. The van der Waals surface area contributed by atoms with E-state index in [0.29, 0.717) is 5.92 Å². The van der Waals surface area contributed by atoms with E-state index >= 15 is 0 Å². The largest absolute Gasteiger partial charge is 0.490 e. The first-order valence-electron chi connectivity index (χ1n) is 10.8. The highest BCUT2D eigenvalue weighted by atomic mass is 32.1. The monoisotopic (exact) mass is 567 g/mol. The van der Waals surface area contributed by atoms with Crippen molar-refractivity contribution < 1.29 is 46.1 Å². The van der Waals surface area contributed by atoms with Crippen LogP contribution in [-0.4, -0.2) is 67.3 Å². The predicted molar refractivity (Wildman–Crippen MR) is 124 cm³/mol. The minimum atomic E-state index is -5.08. The molecule has 1 atom stereocenters. The summed E-state index contributed by atoms with van der Waals surface area (Å²) in [5.74, 6) is -4.08. The molecule has 0 bridgehead atoms. The van der Waals surface area contributed by atoms with E-state index in [9.17, 15) is 26.3 Å². The zero-order chi connectivity index (χ0) is 28.3. The molecule has 3 aromatic rings. The van der Waals surface area contributed by atoms with Gasteiger partial charge in [0.25, 0.3) is 0 Å². The van der Waals surface area contributed by atoms with Crippen molar-refractivity contribution >= 4 is 29.1 Å². The van der Waals surface area contributed by atoms with Crippen molar-refractivity contribution in [2.45, 2.75) is 32.0 Å². The number of aliphatic carboxylic acids is 2. The fraction of sp³-hybridized carbons (Fsp3) is 0.364. The van der Waals surface area contributed by atoms with Gasteiger partial charge in [-0.15, -0.1) is 11.3 Å². The van der Waals surface area contributed by atoms with E-state index in [2.05, 4.69) is 48.6 Å². The van der Waals surface area contributed by atoms with Gasteiger partial charge >= 0.3 is 24.3 Å². The van der Waals surface area contributed by atoms with E-state index in [1.54, 1.807) is 0 Å². The average Bonchev–Trinajstić information content (AvgIpc) is 3.47. The van der Waals surface area contributed by atoms with Crippen LogP contribution in [0.1, 0.15) is 10.6 Å². The fourth-order valence-electron chi connectivity index (χ4n) is 3.21. The number of hydrogen-bond donors (Lipinski definition) is 3. The van der Waals surface area contributed by atoms with Crippen molar-refractivity contribution in [1.29, 1.82) is 0 Å². The quantitative estimate of drug-likeness (QED) is 0.390. The lowest BCUT2D eigenvalue weighted by Crippen LogP contribution is -2.31. The fourth-order valence-corrected chi connectivity index (χ4v) is 3.95. The molecule has 4 rings (SSSR count). The summed E-state index contributed by atoms with van der Waals surface area (Å²) in [5.41, 5.74) is 1.30. The Morgan fingerprint density at radius 1 is 0.974 bits per heavy atom. The van der Waals surface area contributed by atoms with E-state index in [1.807, 2.05) is 41.9 Å². The molecule has 208 valence electrons. The molecule has 0 saturated carbocycles. The molecule has 0 fully saturated rings. The molecule has 0 radical (unpaired) electrons. The number of halogens is 6. The molecule has 0 saturated heterocycles. The molecule has 0 aromatic carbocycles. The first kappa shape index (κ1) is 30.6. The highest BCUT2D eigenvalue weighted by Crippen LogP contribution is 2.20. The van der Waals surface area contributed by atoms with Crippen LogP contribution in [0.5, 0.6) is 0 Å². The Bertz CT molecular complexity index is 1120. The van der Waals surface area contributed by atoms with Gasteiger partial charge in [-0.2, -0.15) is 31.4 Å². The summed E-state index contributed by atoms with van der Waals surface area (Å²) in [6.07, 6.45) is -6.43. The number of nitrogens with zero attached hydrogens (tertiary/aromatic N) is 4. The smallest absolute Gasteiger partial charge is 0.475 e. The van der Waals surface area contributed by atoms with Crippen molar-refractivity contribution in [3.05, 3.63) is 64.7 Å². The Morgan fingerprint density at radius 2 is 1.63 bits per heavy atom. The zero-order valence-corrected chi connectivity index (χ0v) is 20.3. The summed E-state index contributed by atoms with van der Waals surface area (Å²) >= 11 is 1.83. The third kappa shape index (κ3) is 10.8. The lowest BCUT2D eigenvalue weighted by atomic mass is 10.1. The second kappa shape index (κ2) is 13.8. The summed E-state index contributed by atoms with van der Waals surface area (Å²) in [6.45, 7) is 4.86. The molecule has 1 aliphatic rings. The number of thiophene rings is 1. The van der Waals surface area contributed by atoms with Crippen molar-refractivity contribution in [3.8, 4) is 0 Å². The average molecular weight is 568 g/mol. The third-order valence-corrected chi connectivity index (χ3v) is 5.68. The van der Waals surface area contributed by atoms with Crippen molar-refractivity contribution in [3.63, 3.8) is 0 Å². The number of carbonyl (C=O) groups is 2. The van der Waals surface area contributed by atoms with Crippen molar-refractivity contribution in [1.82, 2.24) is 19.7 Å². The molecule has 3 aromatic heterocycles. The number of alkyl halides is 6. The number of nitrogens with one attached hydrogen (secondary N) is 1. The second-order valence-electron chi connectivity index (χ2n) is 7.82. The molecular weight excluding hydrogens is 544 g/mol. The molecule has 0 spiro atoms. The predicted octanol–water partition coefficient (Wildman–Crippen LogP) is 4.35. The van der Waals surface area contributed by atoms with Crippen molar-refractivity contribution in [2.24, 2.45) is 5.92 Å². The number of aromatic nitrogens is 3. The van der Waals surface area contributed by atoms with Gasteiger partial charge < -0.3 is 15.5 Å². The minimum Gasteiger partial charge on any atom is -0.475 e. The van der Waals surface area contributed by atoms with Crippen LogP contribution in [0.25, 0.3) is 0 Å². The van der Waals surface area contributed by atoms with Gasteiger partial charge in [0, 0.05) is 55.9 Å². The van der Waals surface area contributed by atoms with E-state index < -0.39 is 24.3 Å². The number of carboxylic acid groups (broad SMARTS) is 2. The van der Waals surface area contributed by atoms with E-state index in [0.717, 1.165) is 38.5 Å². The van der Waals surface area contributed by atoms with Crippen LogP contribution in [-0.2, 0) is 29.2 Å². The van der Waals surface area contributed by atoms with Gasteiger partial charge in [0.15, 0.2) is 0 Å². The maximum atomic E-state index is 10.6. The summed E-state index contributed by atoms with van der Waals surface area (Å²) in [4.78, 5) is 26.1. The third-order valence-electron chi connectivity index (χ3n) is 4.82. The summed E-state index contributed by atoms with van der Waals surface area (Å²) in [7, 11) is 0. The Hall–Kier alpha value is -3.66. The SMILES string of the molecule is O=C(O)C(F)(F)F.O=C(O)C(F)(F)F.c1ccc(NCC2CN(Cc3cccs3)Cc3ccnn3C2)nc1. The second-order valence-corrected chi connectivity index (χ2v) is 8.85. The maximum Gasteiger partial charge on any atom is 0.490 e. The Labute approximate surface area is 216 Å². The molecule has 38 heavy (non-hydrogen) atoms. The number of fused-ring (bicyclic) bond motifs is 1. The van der Waals surface area contributed by atoms with Gasteiger partial charge in [-0.05, 0) is 29.6 Å². The number of pyridine rings is 1. The Kier molecular flexibility index (Phi) is 11.1. The molecular formula is C22H23F6N5O4S. The van der Waals surface area contributed by atoms with Crippen LogP contribution in [0.4, 0.5) is 32.2 Å². The van der Waals surface area contributed by atoms with Crippen LogP contribution in [0.2, 0.25) is 0 Å². The molecule has 0 amide bonds. The van der Waals surface area contributed by atoms with Crippen LogP contribution >= 0.6 is 11.3 Å². The highest BCUT2D eigenvalue weighted by molar-refractivity contribution is 7.09. The minimum absolute atomic E-state index is 0.494. The van der Waals surface area contributed by atoms with Gasteiger partial charge in [-0.25, -0.2) is 14.6 Å². The highest BCUT2D eigenvalue weighted by Gasteiger charge is 2.38. The van der Waals surface area contributed by atoms with E-state index in [-0.39, 0.29) is 0 Å². The molecule has 1 unspecified atom stereocenters. The normalized spacial score (nSPS) is 15.6. The van der Waals surface area contributed by atoms with Gasteiger partial charge in [-0.3, -0.25) is 9.58 Å². The van der Waals surface area contributed by atoms with Crippen LogP contribution < -0.4 is 5.32 Å². The lowest BCUT2D eigenvalue weighted by molar-refractivity contribution is -0.193. The van der Waals surface area contributed by atoms with Crippen LogP contribution in [0.15, 0.2) is 54.2 Å². The van der Waals surface area contributed by atoms with Crippen LogP contribution in [0.3, 0.4) is 0 Å². The molecule has 4 heterocycles. The van der Waals surface area contributed by atoms with Gasteiger partial charge in [0.2, 0.25) is 0 Å². The topological polar surface area (TPSA) is 121 Å². The molecule has 0 aliphatic carbocycles. The number of hydrogen-bond acceptors (Lipinski definition) is 7. The van der Waals surface area contributed by atoms with Crippen LogP contribution in [0, 0.1) is 5.92 Å². The van der Waals surface area contributed by atoms with Gasteiger partial charge in [0.1, 0.15) is 5.82 Å². The Morgan fingerprint density at radius 3 is 2.16 bits per heavy atom. The first-order valence-corrected chi connectivity index (χ1v) is 11.6. The number of carboxylic acids is 2. The lowest BCUT2D eigenvalue weighted by Gasteiger charge is -2.23. The van der Waals surface area contributed by atoms with Gasteiger partial charge in [-0.1, -0.05) is 12.1 Å². The van der Waals surface area contributed by atoms with Gasteiger partial charge in [0.05, 0.1) is 5.69 Å².